The zero-order valence-electron chi connectivity index (χ0n) is 4.92. The number of carbonyl (C=O) groups is 3. The highest BCUT2D eigenvalue weighted by Crippen LogP contribution is 1.86. The van der Waals surface area contributed by atoms with Gasteiger partial charge in [-0.05, 0) is 0 Å². The van der Waals surface area contributed by atoms with Crippen molar-refractivity contribution in [1.82, 2.24) is 0 Å². The zero-order chi connectivity index (χ0) is 8.85. The van der Waals surface area contributed by atoms with E-state index in [1.807, 2.05) is 0 Å². The molecule has 8 nitrogen and oxygen atoms in total. The molecule has 0 rings (SSSR count). The van der Waals surface area contributed by atoms with Gasteiger partial charge in [-0.1, -0.05) is 10.2 Å². The van der Waals surface area contributed by atoms with Crippen LogP contribution in [0.15, 0.2) is 10.2 Å². The first-order valence-electron chi connectivity index (χ1n) is 2.12. The molecule has 0 aromatic heterocycles. The summed E-state index contributed by atoms with van der Waals surface area (Å²) in [5, 5.41) is 20.2. The summed E-state index contributed by atoms with van der Waals surface area (Å²) in [4.78, 5) is 29.2. The summed E-state index contributed by atoms with van der Waals surface area (Å²) in [6.07, 6.45) is -5.19. The number of hydrogen-bond donors (Lipinski definition) is 2. The summed E-state index contributed by atoms with van der Waals surface area (Å²) in [5.74, 6) is 0. The molecule has 0 radical (unpaired) electrons. The molecule has 2 N–H and O–H groups in total. The fourth-order valence-corrected chi connectivity index (χ4v) is 0.179. The molecule has 0 aliphatic carbocycles. The van der Waals surface area contributed by atoms with Crippen LogP contribution < -0.4 is 0 Å². The molecule has 60 valence electrons. The number of amides is 2. The lowest BCUT2D eigenvalue weighted by Crippen LogP contribution is -2.05. The maximum atomic E-state index is 10.0. The van der Waals surface area contributed by atoms with Crippen molar-refractivity contribution in [2.75, 3.05) is 0 Å². The third kappa shape index (κ3) is 5.89. The van der Waals surface area contributed by atoms with Crippen molar-refractivity contribution in [3.05, 3.63) is 0 Å². The summed E-state index contributed by atoms with van der Waals surface area (Å²) in [6.45, 7) is 0. The number of rotatable bonds is 0. The number of hydrogen-bond acceptors (Lipinski definition) is 4. The van der Waals surface area contributed by atoms with Gasteiger partial charge in [-0.2, -0.15) is 0 Å². The first-order chi connectivity index (χ1) is 5.02. The minimum Gasteiger partial charge on any atom is -0.462 e. The Balaban J connectivity index is 3.88. The Bertz CT molecular complexity index is 220. The molecule has 0 bridgehead atoms. The van der Waals surface area contributed by atoms with Crippen molar-refractivity contribution in [3.8, 4) is 0 Å². The fourth-order valence-electron chi connectivity index (χ4n) is 0.179. The average Bonchev–Trinajstić information content (AvgIpc) is 1.82. The van der Waals surface area contributed by atoms with Gasteiger partial charge in [0.25, 0.3) is 0 Å². The lowest BCUT2D eigenvalue weighted by atomic mass is 11.2. The lowest BCUT2D eigenvalue weighted by molar-refractivity contribution is 0.113. The normalized spacial score (nSPS) is 9.45. The van der Waals surface area contributed by atoms with Gasteiger partial charge >= 0.3 is 18.3 Å². The van der Waals surface area contributed by atoms with Crippen LogP contribution in [-0.2, 0) is 4.74 Å². The van der Waals surface area contributed by atoms with Crippen LogP contribution in [-0.4, -0.2) is 28.6 Å². The predicted molar refractivity (Wildman–Crippen MR) is 27.4 cm³/mol. The Morgan fingerprint density at radius 1 is 1.09 bits per heavy atom. The van der Waals surface area contributed by atoms with Crippen molar-refractivity contribution in [2.45, 2.75) is 0 Å². The number of carbonyl (C=O) groups excluding carboxylic acids is 1. The van der Waals surface area contributed by atoms with E-state index in [1.165, 1.54) is 0 Å². The van der Waals surface area contributed by atoms with Crippen molar-refractivity contribution in [3.63, 3.8) is 0 Å². The summed E-state index contributed by atoms with van der Waals surface area (Å²) >= 11 is 0. The second-order valence-corrected chi connectivity index (χ2v) is 1.12. The number of carboxylic acid groups (broad SMARTS) is 2. The monoisotopic (exact) mass is 162 g/mol. The average molecular weight is 162 g/mol. The van der Waals surface area contributed by atoms with Crippen molar-refractivity contribution < 1.29 is 29.3 Å². The minimum atomic E-state index is -1.88. The van der Waals surface area contributed by atoms with Gasteiger partial charge in [-0.15, -0.1) is 0 Å². The third-order valence-electron chi connectivity index (χ3n) is 0.392. The van der Waals surface area contributed by atoms with Crippen LogP contribution in [0.4, 0.5) is 14.4 Å². The first-order valence-corrected chi connectivity index (χ1v) is 2.12. The molecule has 0 saturated heterocycles. The van der Waals surface area contributed by atoms with Gasteiger partial charge in [0.15, 0.2) is 0 Å². The minimum absolute atomic E-state index is 1.60. The van der Waals surface area contributed by atoms with Gasteiger partial charge in [0, 0.05) is 0 Å². The maximum absolute atomic E-state index is 10.0. The molecule has 0 aliphatic rings. The smallest absolute Gasteiger partial charge is 0.462 e. The third-order valence-corrected chi connectivity index (χ3v) is 0.392. The molecule has 2 amide bonds. The lowest BCUT2D eigenvalue weighted by Gasteiger charge is -1.86. The van der Waals surface area contributed by atoms with E-state index < -0.39 is 18.3 Å². The van der Waals surface area contributed by atoms with E-state index in [0.717, 1.165) is 0 Å². The van der Waals surface area contributed by atoms with E-state index in [0.29, 0.717) is 0 Å². The van der Waals surface area contributed by atoms with Crippen LogP contribution in [0.5, 0.6) is 0 Å². The first kappa shape index (κ1) is 9.01. The quantitative estimate of drug-likeness (QED) is 0.310. The van der Waals surface area contributed by atoms with Crippen LogP contribution >= 0.6 is 0 Å². The molecule has 0 heterocycles. The van der Waals surface area contributed by atoms with Gasteiger partial charge in [0.2, 0.25) is 0 Å². The van der Waals surface area contributed by atoms with Gasteiger partial charge in [0.05, 0.1) is 0 Å². The molecule has 0 saturated carbocycles. The Kier molecular flexibility index (Phi) is 3.22. The van der Waals surface area contributed by atoms with E-state index in [1.54, 1.807) is 0 Å². The highest BCUT2D eigenvalue weighted by Gasteiger charge is 2.06. The number of nitrogens with zero attached hydrogens (tertiary/aromatic N) is 2. The Labute approximate surface area is 59.1 Å². The molecular formula is C3H2N2O6. The molecular weight excluding hydrogens is 160 g/mol. The van der Waals surface area contributed by atoms with E-state index >= 15 is 0 Å². The summed E-state index contributed by atoms with van der Waals surface area (Å²) in [5.41, 5.74) is 0. The van der Waals surface area contributed by atoms with Gasteiger partial charge in [-0.3, -0.25) is 0 Å². The molecule has 8 heteroatoms. The van der Waals surface area contributed by atoms with Gasteiger partial charge in [0.1, 0.15) is 0 Å². The fraction of sp³-hybridized carbons (Fsp3) is 0. The van der Waals surface area contributed by atoms with Gasteiger partial charge in [-0.25, -0.2) is 14.4 Å². The van der Waals surface area contributed by atoms with Crippen molar-refractivity contribution >= 4 is 18.3 Å². The number of azo groups is 1. The maximum Gasteiger partial charge on any atom is 0.515 e. The SMILES string of the molecule is O=C(O)N=NC(=O)OC(=O)O. The van der Waals surface area contributed by atoms with Crippen LogP contribution in [0.1, 0.15) is 0 Å². The van der Waals surface area contributed by atoms with E-state index in [-0.39, 0.29) is 0 Å². The second-order valence-electron chi connectivity index (χ2n) is 1.12. The standard InChI is InChI=1S/C3H2N2O6/c6-1(7)4-5-2(8)11-3(9)10/h(H,6,7)(H,9,10). The molecule has 0 spiro atoms. The van der Waals surface area contributed by atoms with Crippen LogP contribution in [0, 0.1) is 0 Å². The number of ether oxygens (including phenoxy) is 1. The Morgan fingerprint density at radius 3 is 2.00 bits per heavy atom. The van der Waals surface area contributed by atoms with Gasteiger partial charge < -0.3 is 14.9 Å². The molecule has 0 aromatic rings. The van der Waals surface area contributed by atoms with E-state index in [9.17, 15) is 14.4 Å². The largest absolute Gasteiger partial charge is 0.515 e. The summed E-state index contributed by atoms with van der Waals surface area (Å²) in [7, 11) is 0. The Hall–Kier alpha value is -1.99. The van der Waals surface area contributed by atoms with Crippen molar-refractivity contribution in [2.24, 2.45) is 10.2 Å². The highest BCUT2D eigenvalue weighted by molar-refractivity contribution is 5.80. The van der Waals surface area contributed by atoms with E-state index in [2.05, 4.69) is 15.0 Å². The van der Waals surface area contributed by atoms with Crippen LogP contribution in [0.3, 0.4) is 0 Å². The van der Waals surface area contributed by atoms with E-state index in [4.69, 9.17) is 10.2 Å². The molecule has 0 unspecified atom stereocenters. The molecule has 0 fully saturated rings. The second kappa shape index (κ2) is 3.93. The summed E-state index contributed by atoms with van der Waals surface area (Å²) < 4.78 is 3.35. The molecule has 0 aromatic carbocycles. The van der Waals surface area contributed by atoms with Crippen LogP contribution in [0.25, 0.3) is 0 Å². The molecule has 11 heavy (non-hydrogen) atoms. The predicted octanol–water partition coefficient (Wildman–Crippen LogP) is 0.931. The summed E-state index contributed by atoms with van der Waals surface area (Å²) in [6, 6.07) is 0. The van der Waals surface area contributed by atoms with Crippen LogP contribution in [0.2, 0.25) is 0 Å². The molecule has 0 atom stereocenters. The topological polar surface area (TPSA) is 126 Å². The Morgan fingerprint density at radius 2 is 1.64 bits per heavy atom. The van der Waals surface area contributed by atoms with Crippen molar-refractivity contribution in [1.29, 1.82) is 0 Å². The zero-order valence-corrected chi connectivity index (χ0v) is 4.92. The molecule has 0 aliphatic heterocycles. The highest BCUT2D eigenvalue weighted by atomic mass is 16.7.